The van der Waals surface area contributed by atoms with Crippen LogP contribution in [0.2, 0.25) is 5.02 Å². The molecule has 0 radical (unpaired) electrons. The third kappa shape index (κ3) is 4.62. The number of rotatable bonds is 6. The van der Waals surface area contributed by atoms with Crippen molar-refractivity contribution in [2.45, 2.75) is 13.0 Å². The Balaban J connectivity index is 1.82. The predicted octanol–water partition coefficient (Wildman–Crippen LogP) is 3.64. The molecule has 0 amide bonds. The van der Waals surface area contributed by atoms with Crippen molar-refractivity contribution in [2.24, 2.45) is 0 Å². The van der Waals surface area contributed by atoms with Crippen LogP contribution in [0.15, 0.2) is 42.5 Å². The van der Waals surface area contributed by atoms with Gasteiger partial charge in [0.2, 0.25) is 0 Å². The molecule has 0 aliphatic rings. The van der Waals surface area contributed by atoms with Crippen molar-refractivity contribution in [3.8, 4) is 5.75 Å². The number of aliphatic hydroxyl groups is 1. The van der Waals surface area contributed by atoms with Gasteiger partial charge in [-0.2, -0.15) is 0 Å². The van der Waals surface area contributed by atoms with Crippen LogP contribution in [0.25, 0.3) is 0 Å². The van der Waals surface area contributed by atoms with Crippen LogP contribution in [0.3, 0.4) is 0 Å². The average Bonchev–Trinajstić information content (AvgIpc) is 2.47. The number of hydrogen-bond acceptors (Lipinski definition) is 3. The Bertz CT molecular complexity index is 607. The van der Waals surface area contributed by atoms with Crippen molar-refractivity contribution in [1.29, 1.82) is 0 Å². The van der Waals surface area contributed by atoms with Crippen LogP contribution in [0.4, 0.5) is 10.1 Å². The van der Waals surface area contributed by atoms with E-state index in [1.807, 2.05) is 0 Å². The Morgan fingerprint density at radius 1 is 1.29 bits per heavy atom. The Labute approximate surface area is 128 Å². The Hall–Kier alpha value is -1.78. The average molecular weight is 310 g/mol. The molecule has 2 N–H and O–H groups in total. The second-order valence-electron chi connectivity index (χ2n) is 4.72. The second-order valence-corrected chi connectivity index (χ2v) is 5.15. The first-order chi connectivity index (χ1) is 10.1. The highest BCUT2D eigenvalue weighted by Gasteiger charge is 2.08. The molecule has 0 aliphatic heterocycles. The molecule has 0 bridgehead atoms. The number of anilines is 1. The zero-order valence-corrected chi connectivity index (χ0v) is 12.4. The summed E-state index contributed by atoms with van der Waals surface area (Å²) in [6, 6.07) is 11.8. The first-order valence-corrected chi connectivity index (χ1v) is 6.99. The lowest BCUT2D eigenvalue weighted by Gasteiger charge is -2.15. The van der Waals surface area contributed by atoms with E-state index in [0.29, 0.717) is 22.0 Å². The van der Waals surface area contributed by atoms with E-state index in [9.17, 15) is 9.50 Å². The van der Waals surface area contributed by atoms with Crippen molar-refractivity contribution in [2.75, 3.05) is 18.5 Å². The minimum Gasteiger partial charge on any atom is -0.491 e. The molecule has 0 aromatic heterocycles. The third-order valence-electron chi connectivity index (χ3n) is 3.03. The summed E-state index contributed by atoms with van der Waals surface area (Å²) in [5, 5.41) is 13.5. The van der Waals surface area contributed by atoms with Crippen molar-refractivity contribution in [1.82, 2.24) is 0 Å². The van der Waals surface area contributed by atoms with Crippen LogP contribution in [0, 0.1) is 12.7 Å². The first kappa shape index (κ1) is 15.6. The SMILES string of the molecule is Cc1c(F)cccc1NCC(O)COc1cccc(Cl)c1. The van der Waals surface area contributed by atoms with Gasteiger partial charge in [-0.25, -0.2) is 4.39 Å². The van der Waals surface area contributed by atoms with Crippen LogP contribution in [0.5, 0.6) is 5.75 Å². The van der Waals surface area contributed by atoms with Crippen LogP contribution < -0.4 is 10.1 Å². The number of benzene rings is 2. The predicted molar refractivity (Wildman–Crippen MR) is 82.6 cm³/mol. The third-order valence-corrected chi connectivity index (χ3v) is 3.27. The smallest absolute Gasteiger partial charge is 0.128 e. The summed E-state index contributed by atoms with van der Waals surface area (Å²) in [5.41, 5.74) is 1.19. The monoisotopic (exact) mass is 309 g/mol. The Morgan fingerprint density at radius 3 is 2.81 bits per heavy atom. The largest absolute Gasteiger partial charge is 0.491 e. The van der Waals surface area contributed by atoms with Crippen LogP contribution in [-0.4, -0.2) is 24.4 Å². The molecule has 0 aliphatic carbocycles. The maximum absolute atomic E-state index is 13.4. The lowest BCUT2D eigenvalue weighted by molar-refractivity contribution is 0.117. The maximum atomic E-state index is 13.4. The molecule has 0 saturated carbocycles. The van der Waals surface area contributed by atoms with Gasteiger partial charge < -0.3 is 15.2 Å². The van der Waals surface area contributed by atoms with E-state index in [-0.39, 0.29) is 19.0 Å². The highest BCUT2D eigenvalue weighted by atomic mass is 35.5. The normalized spacial score (nSPS) is 12.0. The highest BCUT2D eigenvalue weighted by Crippen LogP contribution is 2.18. The van der Waals surface area contributed by atoms with Crippen molar-refractivity contribution >= 4 is 17.3 Å². The fourth-order valence-electron chi connectivity index (χ4n) is 1.83. The van der Waals surface area contributed by atoms with Gasteiger partial charge in [0.05, 0.1) is 0 Å². The van der Waals surface area contributed by atoms with E-state index in [1.165, 1.54) is 6.07 Å². The van der Waals surface area contributed by atoms with E-state index >= 15 is 0 Å². The fraction of sp³-hybridized carbons (Fsp3) is 0.250. The summed E-state index contributed by atoms with van der Waals surface area (Å²) in [6.07, 6.45) is -0.716. The van der Waals surface area contributed by atoms with Crippen molar-refractivity contribution in [3.63, 3.8) is 0 Å². The summed E-state index contributed by atoms with van der Waals surface area (Å²) in [4.78, 5) is 0. The van der Waals surface area contributed by atoms with Gasteiger partial charge in [-0.15, -0.1) is 0 Å². The number of nitrogens with one attached hydrogen (secondary N) is 1. The van der Waals surface area contributed by atoms with Crippen molar-refractivity contribution < 1.29 is 14.2 Å². The molecule has 2 rings (SSSR count). The molecule has 0 heterocycles. The van der Waals surface area contributed by atoms with E-state index in [2.05, 4.69) is 5.32 Å². The molecule has 2 aromatic carbocycles. The number of aliphatic hydroxyl groups excluding tert-OH is 1. The number of ether oxygens (including phenoxy) is 1. The molecular formula is C16H17ClFNO2. The zero-order valence-electron chi connectivity index (χ0n) is 11.6. The van der Waals surface area contributed by atoms with Gasteiger partial charge in [0, 0.05) is 22.8 Å². The molecule has 0 saturated heterocycles. The Kier molecular flexibility index (Phi) is 5.42. The molecule has 2 aromatic rings. The second kappa shape index (κ2) is 7.29. The summed E-state index contributed by atoms with van der Waals surface area (Å²) in [6.45, 7) is 2.08. The standard InChI is InChI=1S/C16H17ClFNO2/c1-11-15(18)6-3-7-16(11)19-9-13(20)10-21-14-5-2-4-12(17)8-14/h2-8,13,19-20H,9-10H2,1H3. The van der Waals surface area contributed by atoms with Gasteiger partial charge in [-0.1, -0.05) is 23.7 Å². The number of halogens is 2. The molecule has 3 nitrogen and oxygen atoms in total. The summed E-state index contributed by atoms with van der Waals surface area (Å²) in [7, 11) is 0. The molecule has 0 fully saturated rings. The van der Waals surface area contributed by atoms with Crippen LogP contribution in [0.1, 0.15) is 5.56 Å². The summed E-state index contributed by atoms with van der Waals surface area (Å²) in [5.74, 6) is 0.327. The van der Waals surface area contributed by atoms with E-state index < -0.39 is 6.10 Å². The molecule has 1 unspecified atom stereocenters. The van der Waals surface area contributed by atoms with Gasteiger partial charge in [0.15, 0.2) is 0 Å². The minimum atomic E-state index is -0.716. The summed E-state index contributed by atoms with van der Waals surface area (Å²) >= 11 is 5.84. The highest BCUT2D eigenvalue weighted by molar-refractivity contribution is 6.30. The van der Waals surface area contributed by atoms with E-state index in [1.54, 1.807) is 43.3 Å². The van der Waals surface area contributed by atoms with E-state index in [0.717, 1.165) is 0 Å². The lowest BCUT2D eigenvalue weighted by Crippen LogP contribution is -2.26. The zero-order chi connectivity index (χ0) is 15.2. The topological polar surface area (TPSA) is 41.5 Å². The quantitative estimate of drug-likeness (QED) is 0.856. The summed E-state index contributed by atoms with van der Waals surface area (Å²) < 4.78 is 18.8. The van der Waals surface area contributed by atoms with Crippen LogP contribution in [-0.2, 0) is 0 Å². The minimum absolute atomic E-state index is 0.127. The van der Waals surface area contributed by atoms with E-state index in [4.69, 9.17) is 16.3 Å². The molecule has 21 heavy (non-hydrogen) atoms. The lowest BCUT2D eigenvalue weighted by atomic mass is 10.2. The number of hydrogen-bond donors (Lipinski definition) is 2. The molecule has 1 atom stereocenters. The van der Waals surface area contributed by atoms with Gasteiger partial charge >= 0.3 is 0 Å². The Morgan fingerprint density at radius 2 is 2.05 bits per heavy atom. The molecule has 5 heteroatoms. The van der Waals surface area contributed by atoms with Gasteiger partial charge in [0.1, 0.15) is 24.3 Å². The van der Waals surface area contributed by atoms with Crippen LogP contribution >= 0.6 is 11.6 Å². The van der Waals surface area contributed by atoms with Gasteiger partial charge in [-0.3, -0.25) is 0 Å². The first-order valence-electron chi connectivity index (χ1n) is 6.61. The maximum Gasteiger partial charge on any atom is 0.128 e. The molecule has 0 spiro atoms. The van der Waals surface area contributed by atoms with Crippen molar-refractivity contribution in [3.05, 3.63) is 58.9 Å². The fourth-order valence-corrected chi connectivity index (χ4v) is 2.02. The molecule has 112 valence electrons. The molecular weight excluding hydrogens is 293 g/mol. The van der Waals surface area contributed by atoms with Gasteiger partial charge in [0.25, 0.3) is 0 Å². The van der Waals surface area contributed by atoms with Gasteiger partial charge in [-0.05, 0) is 37.3 Å².